The monoisotopic (exact) mass is 305 g/mol. The van der Waals surface area contributed by atoms with E-state index in [1.165, 1.54) is 12.8 Å². The molecular formula is C16H23N3OS. The van der Waals surface area contributed by atoms with Crippen LogP contribution in [0.4, 0.5) is 5.69 Å². The van der Waals surface area contributed by atoms with Gasteiger partial charge in [-0.05, 0) is 37.2 Å². The van der Waals surface area contributed by atoms with Crippen molar-refractivity contribution in [3.8, 4) is 0 Å². The van der Waals surface area contributed by atoms with E-state index in [-0.39, 0.29) is 0 Å². The average Bonchev–Trinajstić information content (AvgIpc) is 2.97. The Balaban J connectivity index is 1.56. The van der Waals surface area contributed by atoms with Crippen LogP contribution >= 0.6 is 12.2 Å². The fraction of sp³-hybridized carbons (Fsp3) is 0.562. The van der Waals surface area contributed by atoms with Gasteiger partial charge >= 0.3 is 0 Å². The highest BCUT2D eigenvalue weighted by Crippen LogP contribution is 2.20. The van der Waals surface area contributed by atoms with Crippen LogP contribution in [0.3, 0.4) is 0 Å². The van der Waals surface area contributed by atoms with Gasteiger partial charge in [0.1, 0.15) is 0 Å². The molecule has 1 aromatic carbocycles. The van der Waals surface area contributed by atoms with Crippen molar-refractivity contribution in [3.63, 3.8) is 0 Å². The van der Waals surface area contributed by atoms with Crippen LogP contribution in [-0.2, 0) is 4.74 Å². The molecule has 0 saturated carbocycles. The number of hydrogen-bond donors (Lipinski definition) is 1. The maximum Gasteiger partial charge on any atom is 0.173 e. The Hall–Kier alpha value is -1.17. The molecule has 0 aliphatic carbocycles. The molecule has 2 saturated heterocycles. The van der Waals surface area contributed by atoms with Gasteiger partial charge in [-0.3, -0.25) is 4.90 Å². The topological polar surface area (TPSA) is 27.7 Å². The third kappa shape index (κ3) is 3.93. The van der Waals surface area contributed by atoms with Crippen molar-refractivity contribution in [3.05, 3.63) is 30.3 Å². The molecule has 0 unspecified atom stereocenters. The number of morpholine rings is 1. The van der Waals surface area contributed by atoms with Gasteiger partial charge in [0.2, 0.25) is 0 Å². The summed E-state index contributed by atoms with van der Waals surface area (Å²) in [7, 11) is 0. The first-order chi connectivity index (χ1) is 10.3. The molecule has 0 radical (unpaired) electrons. The number of benzene rings is 1. The molecule has 5 heteroatoms. The lowest BCUT2D eigenvalue weighted by atomic mass is 10.2. The Morgan fingerprint density at radius 2 is 1.95 bits per heavy atom. The first-order valence-corrected chi connectivity index (χ1v) is 8.16. The lowest BCUT2D eigenvalue weighted by Gasteiger charge is -2.34. The van der Waals surface area contributed by atoms with Gasteiger partial charge in [-0.2, -0.15) is 0 Å². The molecular weight excluding hydrogens is 282 g/mol. The lowest BCUT2D eigenvalue weighted by molar-refractivity contribution is 0.0308. The molecule has 0 spiro atoms. The van der Waals surface area contributed by atoms with Crippen molar-refractivity contribution in [2.24, 2.45) is 0 Å². The van der Waals surface area contributed by atoms with Crippen LogP contribution < -0.4 is 5.32 Å². The Bertz CT molecular complexity index is 462. The normalized spacial score (nSPS) is 23.2. The van der Waals surface area contributed by atoms with Gasteiger partial charge < -0.3 is 15.0 Å². The highest BCUT2D eigenvalue weighted by Gasteiger charge is 2.28. The summed E-state index contributed by atoms with van der Waals surface area (Å²) in [6.07, 6.45) is 2.46. The Morgan fingerprint density at radius 1 is 1.19 bits per heavy atom. The third-order valence-corrected chi connectivity index (χ3v) is 4.57. The zero-order valence-electron chi connectivity index (χ0n) is 12.3. The van der Waals surface area contributed by atoms with Gasteiger partial charge in [0.15, 0.2) is 5.11 Å². The molecule has 1 atom stereocenters. The number of anilines is 1. The number of ether oxygens (including phenoxy) is 1. The van der Waals surface area contributed by atoms with Crippen LogP contribution in [0.1, 0.15) is 12.8 Å². The van der Waals surface area contributed by atoms with Gasteiger partial charge in [-0.1, -0.05) is 18.2 Å². The third-order valence-electron chi connectivity index (χ3n) is 4.24. The van der Waals surface area contributed by atoms with Crippen LogP contribution in [0.5, 0.6) is 0 Å². The van der Waals surface area contributed by atoms with E-state index >= 15 is 0 Å². The van der Waals surface area contributed by atoms with Gasteiger partial charge in [0.05, 0.1) is 13.2 Å². The maximum absolute atomic E-state index is 5.61. The van der Waals surface area contributed by atoms with E-state index in [2.05, 4.69) is 27.2 Å². The first kappa shape index (κ1) is 14.8. The van der Waals surface area contributed by atoms with E-state index in [9.17, 15) is 0 Å². The van der Waals surface area contributed by atoms with Gasteiger partial charge in [-0.25, -0.2) is 0 Å². The Labute approximate surface area is 132 Å². The van der Waals surface area contributed by atoms with Crippen LogP contribution in [-0.4, -0.2) is 60.3 Å². The van der Waals surface area contributed by atoms with Crippen LogP contribution in [0.15, 0.2) is 30.3 Å². The number of likely N-dealkylation sites (tertiary alicyclic amines) is 1. The standard InChI is InChI=1S/C16H23N3OS/c21-16(17-14-5-2-1-3-6-14)19-8-4-7-15(19)13-18-9-11-20-12-10-18/h1-3,5-6,15H,4,7-13H2,(H,17,21)/t15-/m0/s1. The zero-order chi connectivity index (χ0) is 14.5. The second kappa shape index (κ2) is 7.20. The molecule has 114 valence electrons. The molecule has 2 heterocycles. The van der Waals surface area contributed by atoms with E-state index in [0.29, 0.717) is 6.04 Å². The van der Waals surface area contributed by atoms with E-state index in [0.717, 1.165) is 50.2 Å². The largest absolute Gasteiger partial charge is 0.379 e. The maximum atomic E-state index is 5.61. The van der Waals surface area contributed by atoms with Crippen molar-refractivity contribution in [2.45, 2.75) is 18.9 Å². The molecule has 0 amide bonds. The van der Waals surface area contributed by atoms with E-state index in [4.69, 9.17) is 17.0 Å². The average molecular weight is 305 g/mol. The molecule has 21 heavy (non-hydrogen) atoms. The highest BCUT2D eigenvalue weighted by molar-refractivity contribution is 7.80. The van der Waals surface area contributed by atoms with Gasteiger partial charge in [-0.15, -0.1) is 0 Å². The molecule has 1 aromatic rings. The van der Waals surface area contributed by atoms with Crippen molar-refractivity contribution in [2.75, 3.05) is 44.7 Å². The SMILES string of the molecule is S=C(Nc1ccccc1)N1CCC[C@H]1CN1CCOCC1. The zero-order valence-corrected chi connectivity index (χ0v) is 13.1. The summed E-state index contributed by atoms with van der Waals surface area (Å²) in [5.74, 6) is 0. The minimum Gasteiger partial charge on any atom is -0.379 e. The van der Waals surface area contributed by atoms with E-state index in [1.54, 1.807) is 0 Å². The Morgan fingerprint density at radius 3 is 2.71 bits per heavy atom. The molecule has 3 rings (SSSR count). The number of nitrogens with one attached hydrogen (secondary N) is 1. The first-order valence-electron chi connectivity index (χ1n) is 7.76. The van der Waals surface area contributed by atoms with Crippen LogP contribution in [0.2, 0.25) is 0 Å². The predicted octanol–water partition coefficient (Wildman–Crippen LogP) is 2.18. The van der Waals surface area contributed by atoms with Crippen LogP contribution in [0.25, 0.3) is 0 Å². The number of para-hydroxylation sites is 1. The molecule has 4 nitrogen and oxygen atoms in total. The molecule has 2 aliphatic rings. The predicted molar refractivity (Wildman–Crippen MR) is 89.6 cm³/mol. The Kier molecular flexibility index (Phi) is 5.06. The van der Waals surface area contributed by atoms with E-state index < -0.39 is 0 Å². The van der Waals surface area contributed by atoms with Gasteiger partial charge in [0.25, 0.3) is 0 Å². The number of nitrogens with zero attached hydrogens (tertiary/aromatic N) is 2. The second-order valence-corrected chi connectivity index (χ2v) is 6.09. The lowest BCUT2D eigenvalue weighted by Crippen LogP contribution is -2.47. The molecule has 2 aliphatic heterocycles. The van der Waals surface area contributed by atoms with Crippen molar-refractivity contribution in [1.29, 1.82) is 0 Å². The summed E-state index contributed by atoms with van der Waals surface area (Å²) < 4.78 is 5.42. The summed E-state index contributed by atoms with van der Waals surface area (Å²) in [4.78, 5) is 4.86. The van der Waals surface area contributed by atoms with Crippen molar-refractivity contribution < 1.29 is 4.74 Å². The second-order valence-electron chi connectivity index (χ2n) is 5.70. The summed E-state index contributed by atoms with van der Waals surface area (Å²) >= 11 is 5.61. The molecule has 2 fully saturated rings. The number of rotatable bonds is 3. The highest BCUT2D eigenvalue weighted by atomic mass is 32.1. The quantitative estimate of drug-likeness (QED) is 0.864. The van der Waals surface area contributed by atoms with Crippen LogP contribution in [0, 0.1) is 0 Å². The van der Waals surface area contributed by atoms with Crippen molar-refractivity contribution in [1.82, 2.24) is 9.80 Å². The summed E-state index contributed by atoms with van der Waals surface area (Å²) in [6.45, 7) is 5.97. The molecule has 0 aromatic heterocycles. The number of hydrogen-bond acceptors (Lipinski definition) is 3. The smallest absolute Gasteiger partial charge is 0.173 e. The minimum atomic E-state index is 0.534. The van der Waals surface area contributed by atoms with E-state index in [1.807, 2.05) is 18.2 Å². The van der Waals surface area contributed by atoms with Gasteiger partial charge in [0, 0.05) is 37.9 Å². The number of thiocarbonyl (C=S) groups is 1. The minimum absolute atomic E-state index is 0.534. The summed E-state index contributed by atoms with van der Waals surface area (Å²) in [5, 5.41) is 4.22. The summed E-state index contributed by atoms with van der Waals surface area (Å²) in [6, 6.07) is 10.7. The molecule has 0 bridgehead atoms. The molecule has 1 N–H and O–H groups in total. The van der Waals surface area contributed by atoms with Crippen molar-refractivity contribution >= 4 is 23.0 Å². The fourth-order valence-electron chi connectivity index (χ4n) is 3.09. The summed E-state index contributed by atoms with van der Waals surface area (Å²) in [5.41, 5.74) is 1.07. The fourth-order valence-corrected chi connectivity index (χ4v) is 3.45.